The van der Waals surface area contributed by atoms with Gasteiger partial charge in [-0.15, -0.1) is 0 Å². The fourth-order valence-electron chi connectivity index (χ4n) is 2.38. The van der Waals surface area contributed by atoms with Crippen LogP contribution in [0.2, 0.25) is 0 Å². The van der Waals surface area contributed by atoms with E-state index in [0.717, 1.165) is 12.1 Å². The van der Waals surface area contributed by atoms with E-state index in [0.29, 0.717) is 30.9 Å². The normalized spacial score (nSPS) is 10.2. The molecule has 0 atom stereocenters. The first-order chi connectivity index (χ1) is 11.6. The third kappa shape index (κ3) is 4.86. The van der Waals surface area contributed by atoms with Crippen LogP contribution in [0.15, 0.2) is 42.6 Å². The van der Waals surface area contributed by atoms with Gasteiger partial charge in [-0.2, -0.15) is 5.26 Å². The zero-order valence-corrected chi connectivity index (χ0v) is 14.0. The van der Waals surface area contributed by atoms with Crippen molar-refractivity contribution in [2.45, 2.75) is 13.0 Å². The highest BCUT2D eigenvalue weighted by molar-refractivity contribution is 5.89. The third-order valence-corrected chi connectivity index (χ3v) is 3.71. The van der Waals surface area contributed by atoms with Crippen LogP contribution >= 0.6 is 0 Å². The Morgan fingerprint density at radius 3 is 2.88 bits per heavy atom. The van der Waals surface area contributed by atoms with Gasteiger partial charge in [0, 0.05) is 44.9 Å². The SMILES string of the molecule is COCCCN(Cc1cccn1C)C(=O)Nc1cccc(C#N)c1. The number of hydrogen-bond donors (Lipinski definition) is 1. The summed E-state index contributed by atoms with van der Waals surface area (Å²) in [6, 6.07) is 12.7. The van der Waals surface area contributed by atoms with Crippen LogP contribution < -0.4 is 5.32 Å². The van der Waals surface area contributed by atoms with Gasteiger partial charge >= 0.3 is 6.03 Å². The molecule has 2 aromatic rings. The number of hydrogen-bond acceptors (Lipinski definition) is 3. The third-order valence-electron chi connectivity index (χ3n) is 3.71. The Labute approximate surface area is 142 Å². The number of aromatic nitrogens is 1. The van der Waals surface area contributed by atoms with Crippen molar-refractivity contribution < 1.29 is 9.53 Å². The topological polar surface area (TPSA) is 70.3 Å². The van der Waals surface area contributed by atoms with Gasteiger partial charge in [-0.1, -0.05) is 6.07 Å². The van der Waals surface area contributed by atoms with Crippen LogP contribution in [-0.4, -0.2) is 35.8 Å². The molecule has 0 bridgehead atoms. The zero-order valence-electron chi connectivity index (χ0n) is 14.0. The quantitative estimate of drug-likeness (QED) is 0.795. The monoisotopic (exact) mass is 326 g/mol. The van der Waals surface area contributed by atoms with Crippen molar-refractivity contribution in [1.29, 1.82) is 5.26 Å². The maximum absolute atomic E-state index is 12.6. The molecule has 0 saturated carbocycles. The minimum absolute atomic E-state index is 0.192. The summed E-state index contributed by atoms with van der Waals surface area (Å²) in [4.78, 5) is 14.4. The van der Waals surface area contributed by atoms with Crippen LogP contribution in [0.4, 0.5) is 10.5 Å². The van der Waals surface area contributed by atoms with Crippen LogP contribution in [0.3, 0.4) is 0 Å². The van der Waals surface area contributed by atoms with E-state index in [1.165, 1.54) is 0 Å². The largest absolute Gasteiger partial charge is 0.385 e. The maximum Gasteiger partial charge on any atom is 0.322 e. The summed E-state index contributed by atoms with van der Waals surface area (Å²) in [6.07, 6.45) is 2.71. The molecule has 0 aliphatic heterocycles. The molecule has 2 rings (SSSR count). The Kier molecular flexibility index (Phi) is 6.41. The van der Waals surface area contributed by atoms with Crippen molar-refractivity contribution >= 4 is 11.7 Å². The van der Waals surface area contributed by atoms with Gasteiger partial charge in [0.15, 0.2) is 0 Å². The lowest BCUT2D eigenvalue weighted by Gasteiger charge is -2.23. The van der Waals surface area contributed by atoms with E-state index in [9.17, 15) is 4.79 Å². The lowest BCUT2D eigenvalue weighted by molar-refractivity contribution is 0.171. The van der Waals surface area contributed by atoms with Gasteiger partial charge in [0.2, 0.25) is 0 Å². The van der Waals surface area contributed by atoms with Gasteiger partial charge in [-0.05, 0) is 36.8 Å². The molecule has 1 aromatic carbocycles. The number of nitrogens with one attached hydrogen (secondary N) is 1. The van der Waals surface area contributed by atoms with Crippen molar-refractivity contribution in [3.8, 4) is 6.07 Å². The number of urea groups is 1. The Bertz CT molecular complexity index is 718. The lowest BCUT2D eigenvalue weighted by Crippen LogP contribution is -2.36. The molecule has 0 saturated heterocycles. The Balaban J connectivity index is 2.08. The van der Waals surface area contributed by atoms with E-state index in [1.54, 1.807) is 36.3 Å². The van der Waals surface area contributed by atoms with Gasteiger partial charge in [0.05, 0.1) is 18.2 Å². The number of ether oxygens (including phenoxy) is 1. The average molecular weight is 326 g/mol. The van der Waals surface area contributed by atoms with E-state index >= 15 is 0 Å². The summed E-state index contributed by atoms with van der Waals surface area (Å²) < 4.78 is 7.07. The Morgan fingerprint density at radius 2 is 2.21 bits per heavy atom. The number of nitriles is 1. The number of nitrogens with zero attached hydrogens (tertiary/aromatic N) is 3. The number of benzene rings is 1. The van der Waals surface area contributed by atoms with Crippen molar-refractivity contribution in [3.05, 3.63) is 53.9 Å². The van der Waals surface area contributed by atoms with E-state index in [2.05, 4.69) is 11.4 Å². The van der Waals surface area contributed by atoms with Crippen LogP contribution in [0, 0.1) is 11.3 Å². The van der Waals surface area contributed by atoms with E-state index in [4.69, 9.17) is 10.00 Å². The minimum Gasteiger partial charge on any atom is -0.385 e. The fourth-order valence-corrected chi connectivity index (χ4v) is 2.38. The molecule has 0 radical (unpaired) electrons. The van der Waals surface area contributed by atoms with Crippen molar-refractivity contribution in [2.24, 2.45) is 7.05 Å². The van der Waals surface area contributed by atoms with Crippen LogP contribution in [0.1, 0.15) is 17.7 Å². The summed E-state index contributed by atoms with van der Waals surface area (Å²) in [6.45, 7) is 1.70. The first-order valence-electron chi connectivity index (χ1n) is 7.79. The van der Waals surface area contributed by atoms with Gasteiger partial charge in [-0.3, -0.25) is 0 Å². The molecule has 6 nitrogen and oxygen atoms in total. The lowest BCUT2D eigenvalue weighted by atomic mass is 10.2. The van der Waals surface area contributed by atoms with Gasteiger partial charge < -0.3 is 19.5 Å². The molecule has 0 spiro atoms. The second-order valence-corrected chi connectivity index (χ2v) is 5.50. The molecule has 24 heavy (non-hydrogen) atoms. The molecule has 1 aromatic heterocycles. The Hall–Kier alpha value is -2.78. The average Bonchev–Trinajstić information content (AvgIpc) is 2.99. The minimum atomic E-state index is -0.192. The van der Waals surface area contributed by atoms with Crippen molar-refractivity contribution in [3.63, 3.8) is 0 Å². The first-order valence-corrected chi connectivity index (χ1v) is 7.79. The number of rotatable bonds is 7. The van der Waals surface area contributed by atoms with Gasteiger partial charge in [-0.25, -0.2) is 4.79 Å². The number of carbonyl (C=O) groups excluding carboxylic acids is 1. The van der Waals surface area contributed by atoms with Crippen LogP contribution in [-0.2, 0) is 18.3 Å². The van der Waals surface area contributed by atoms with Crippen molar-refractivity contribution in [2.75, 3.05) is 25.6 Å². The van der Waals surface area contributed by atoms with E-state index in [-0.39, 0.29) is 6.03 Å². The molecule has 126 valence electrons. The molecule has 0 aliphatic rings. The smallest absolute Gasteiger partial charge is 0.322 e. The molecule has 0 fully saturated rings. The summed E-state index contributed by atoms with van der Waals surface area (Å²) in [5.41, 5.74) is 2.18. The second-order valence-electron chi connectivity index (χ2n) is 5.50. The van der Waals surface area contributed by atoms with Gasteiger partial charge in [0.25, 0.3) is 0 Å². The standard InChI is InChI=1S/C18H22N4O2/c1-21-9-4-8-17(21)14-22(10-5-11-24-2)18(23)20-16-7-3-6-15(12-16)13-19/h3-4,6-9,12H,5,10-11,14H2,1-2H3,(H,20,23). The highest BCUT2D eigenvalue weighted by Crippen LogP contribution is 2.13. The van der Waals surface area contributed by atoms with E-state index < -0.39 is 0 Å². The molecule has 0 aliphatic carbocycles. The number of anilines is 1. The van der Waals surface area contributed by atoms with Crippen LogP contribution in [0.25, 0.3) is 0 Å². The number of amides is 2. The van der Waals surface area contributed by atoms with Crippen molar-refractivity contribution in [1.82, 2.24) is 9.47 Å². The first kappa shape index (κ1) is 17.6. The predicted molar refractivity (Wildman–Crippen MR) is 92.5 cm³/mol. The zero-order chi connectivity index (χ0) is 17.4. The Morgan fingerprint density at radius 1 is 1.38 bits per heavy atom. The highest BCUT2D eigenvalue weighted by atomic mass is 16.5. The fraction of sp³-hybridized carbons (Fsp3) is 0.333. The molecule has 6 heteroatoms. The number of aryl methyl sites for hydroxylation is 1. The molecular weight excluding hydrogens is 304 g/mol. The molecule has 0 unspecified atom stereocenters. The summed E-state index contributed by atoms with van der Waals surface area (Å²) in [7, 11) is 3.60. The molecule has 2 amide bonds. The molecule has 1 heterocycles. The summed E-state index contributed by atoms with van der Waals surface area (Å²) in [5, 5.41) is 11.8. The number of methoxy groups -OCH3 is 1. The maximum atomic E-state index is 12.6. The number of carbonyl (C=O) groups is 1. The summed E-state index contributed by atoms with van der Waals surface area (Å²) in [5.74, 6) is 0. The molecule has 1 N–H and O–H groups in total. The highest BCUT2D eigenvalue weighted by Gasteiger charge is 2.15. The second kappa shape index (κ2) is 8.75. The van der Waals surface area contributed by atoms with Crippen LogP contribution in [0.5, 0.6) is 0 Å². The predicted octanol–water partition coefficient (Wildman–Crippen LogP) is 2.97. The van der Waals surface area contributed by atoms with Gasteiger partial charge in [0.1, 0.15) is 0 Å². The molecular formula is C18H22N4O2. The van der Waals surface area contributed by atoms with E-state index in [1.807, 2.05) is 29.9 Å². The summed E-state index contributed by atoms with van der Waals surface area (Å²) >= 11 is 0.